The minimum Gasteiger partial charge on any atom is -0.464 e. The van der Waals surface area contributed by atoms with Gasteiger partial charge in [0.2, 0.25) is 5.91 Å². The molecule has 0 saturated carbocycles. The van der Waals surface area contributed by atoms with Gasteiger partial charge in [0.15, 0.2) is 0 Å². The number of carbonyl (C=O) groups excluding carboxylic acids is 4. The Labute approximate surface area is 257 Å². The standard InChI is InChI=1S/C30H27Cl3N4O5/c1-2-42-29(40)24(16-34-30(41)37-22-12-10-18-7-3-4-9-20(18)22)36-28(39)26-21(32)11-13-23(27(26)33)35-25(38)15-17-6-5-8-19(31)14-17/h3-14,22,24H,2,15-16H2,1H3,(H,35,38)(H,36,39)(H2,34,37,41). The van der Waals surface area contributed by atoms with E-state index in [9.17, 15) is 19.2 Å². The number of nitrogens with one attached hydrogen (secondary N) is 4. The number of hydrogen-bond acceptors (Lipinski definition) is 5. The van der Waals surface area contributed by atoms with Crippen molar-refractivity contribution >= 4 is 70.4 Å². The van der Waals surface area contributed by atoms with Crippen LogP contribution < -0.4 is 21.3 Å². The van der Waals surface area contributed by atoms with E-state index in [1.54, 1.807) is 31.2 Å². The maximum absolute atomic E-state index is 13.3. The molecule has 1 aliphatic rings. The first-order valence-corrected chi connectivity index (χ1v) is 14.1. The monoisotopic (exact) mass is 628 g/mol. The average Bonchev–Trinajstić information content (AvgIpc) is 3.35. The summed E-state index contributed by atoms with van der Waals surface area (Å²) in [5.41, 5.74) is 2.60. The van der Waals surface area contributed by atoms with E-state index < -0.39 is 29.9 Å². The topological polar surface area (TPSA) is 126 Å². The van der Waals surface area contributed by atoms with Crippen molar-refractivity contribution in [3.63, 3.8) is 0 Å². The Hall–Kier alpha value is -4.05. The molecule has 9 nitrogen and oxygen atoms in total. The Bertz CT molecular complexity index is 1550. The van der Waals surface area contributed by atoms with E-state index in [2.05, 4.69) is 21.3 Å². The normalized spacial score (nSPS) is 14.0. The molecule has 0 aromatic heterocycles. The molecule has 0 aliphatic heterocycles. The highest BCUT2D eigenvalue weighted by molar-refractivity contribution is 6.41. The third-order valence-corrected chi connectivity index (χ3v) is 7.22. The van der Waals surface area contributed by atoms with Gasteiger partial charge in [-0.3, -0.25) is 9.59 Å². The molecule has 4 amide bonds. The SMILES string of the molecule is CCOC(=O)C(CNC(=O)NC1C=Cc2ccccc21)NC(=O)c1c(Cl)ccc(NC(=O)Cc2cccc(Cl)c2)c1Cl. The van der Waals surface area contributed by atoms with E-state index in [-0.39, 0.29) is 46.9 Å². The number of benzene rings is 3. The summed E-state index contributed by atoms with van der Waals surface area (Å²) in [5.74, 6) is -1.97. The number of halogens is 3. The second kappa shape index (κ2) is 14.2. The number of carbonyl (C=O) groups is 4. The minimum atomic E-state index is -1.26. The van der Waals surface area contributed by atoms with E-state index in [4.69, 9.17) is 39.5 Å². The summed E-state index contributed by atoms with van der Waals surface area (Å²) in [4.78, 5) is 51.2. The van der Waals surface area contributed by atoms with Crippen molar-refractivity contribution in [1.82, 2.24) is 16.0 Å². The molecule has 1 aliphatic carbocycles. The predicted molar refractivity (Wildman–Crippen MR) is 163 cm³/mol. The van der Waals surface area contributed by atoms with Crippen LogP contribution in [0.25, 0.3) is 6.08 Å². The van der Waals surface area contributed by atoms with Gasteiger partial charge in [0.25, 0.3) is 5.91 Å². The lowest BCUT2D eigenvalue weighted by molar-refractivity contribution is -0.145. The van der Waals surface area contributed by atoms with E-state index in [1.807, 2.05) is 36.4 Å². The van der Waals surface area contributed by atoms with Gasteiger partial charge in [-0.25, -0.2) is 9.59 Å². The van der Waals surface area contributed by atoms with Crippen molar-refractivity contribution in [2.24, 2.45) is 0 Å². The number of rotatable bonds is 10. The number of hydrogen-bond donors (Lipinski definition) is 4. The van der Waals surface area contributed by atoms with Crippen LogP contribution in [0.5, 0.6) is 0 Å². The van der Waals surface area contributed by atoms with Crippen molar-refractivity contribution in [2.75, 3.05) is 18.5 Å². The van der Waals surface area contributed by atoms with Crippen molar-refractivity contribution in [3.8, 4) is 0 Å². The third-order valence-electron chi connectivity index (χ3n) is 6.28. The minimum absolute atomic E-state index is 0.00895. The summed E-state index contributed by atoms with van der Waals surface area (Å²) in [6.45, 7) is 1.39. The Morgan fingerprint density at radius 3 is 2.52 bits per heavy atom. The fourth-order valence-corrected chi connectivity index (χ4v) is 5.12. The van der Waals surface area contributed by atoms with Gasteiger partial charge in [-0.2, -0.15) is 0 Å². The summed E-state index contributed by atoms with van der Waals surface area (Å²) in [5, 5.41) is 11.0. The van der Waals surface area contributed by atoms with Gasteiger partial charge in [0, 0.05) is 5.02 Å². The van der Waals surface area contributed by atoms with E-state index >= 15 is 0 Å². The highest BCUT2D eigenvalue weighted by atomic mass is 35.5. The largest absolute Gasteiger partial charge is 0.464 e. The van der Waals surface area contributed by atoms with Crippen LogP contribution in [0.2, 0.25) is 15.1 Å². The van der Waals surface area contributed by atoms with Crippen molar-refractivity contribution < 1.29 is 23.9 Å². The summed E-state index contributed by atoms with van der Waals surface area (Å²) < 4.78 is 5.09. The Balaban J connectivity index is 1.42. The zero-order valence-electron chi connectivity index (χ0n) is 22.4. The second-order valence-corrected chi connectivity index (χ2v) is 10.5. The smallest absolute Gasteiger partial charge is 0.330 e. The molecule has 2 atom stereocenters. The molecule has 0 fully saturated rings. The molecule has 2 unspecified atom stereocenters. The van der Waals surface area contributed by atoms with Crippen LogP contribution in [-0.2, 0) is 20.7 Å². The zero-order chi connectivity index (χ0) is 30.2. The fourth-order valence-electron chi connectivity index (χ4n) is 4.31. The molecule has 0 bridgehead atoms. The number of fused-ring (bicyclic) bond motifs is 1. The lowest BCUT2D eigenvalue weighted by Gasteiger charge is -2.20. The molecule has 0 radical (unpaired) electrons. The lowest BCUT2D eigenvalue weighted by Crippen LogP contribution is -2.51. The summed E-state index contributed by atoms with van der Waals surface area (Å²) in [6, 6.07) is 15.2. The Kier molecular flexibility index (Phi) is 10.5. The number of urea groups is 1. The van der Waals surface area contributed by atoms with Crippen molar-refractivity contribution in [1.29, 1.82) is 0 Å². The van der Waals surface area contributed by atoms with Crippen LogP contribution in [-0.4, -0.2) is 43.0 Å². The van der Waals surface area contributed by atoms with Crippen LogP contribution in [0.3, 0.4) is 0 Å². The molecule has 0 saturated heterocycles. The predicted octanol–water partition coefficient (Wildman–Crippen LogP) is 5.56. The molecule has 42 heavy (non-hydrogen) atoms. The van der Waals surface area contributed by atoms with Gasteiger partial charge in [0.05, 0.1) is 46.9 Å². The number of ether oxygens (including phenoxy) is 1. The van der Waals surface area contributed by atoms with Gasteiger partial charge in [0.1, 0.15) is 6.04 Å². The van der Waals surface area contributed by atoms with Crippen LogP contribution >= 0.6 is 34.8 Å². The molecular formula is C30H27Cl3N4O5. The Morgan fingerprint density at radius 2 is 1.76 bits per heavy atom. The second-order valence-electron chi connectivity index (χ2n) is 9.24. The van der Waals surface area contributed by atoms with Gasteiger partial charge >= 0.3 is 12.0 Å². The number of anilines is 1. The van der Waals surface area contributed by atoms with Crippen LogP contribution in [0.4, 0.5) is 10.5 Å². The van der Waals surface area contributed by atoms with Crippen molar-refractivity contribution in [2.45, 2.75) is 25.4 Å². The number of amides is 4. The first-order chi connectivity index (χ1) is 20.2. The maximum atomic E-state index is 13.3. The first-order valence-electron chi connectivity index (χ1n) is 13.0. The van der Waals surface area contributed by atoms with E-state index in [1.165, 1.54) is 12.1 Å². The third kappa shape index (κ3) is 7.82. The lowest BCUT2D eigenvalue weighted by atomic mass is 10.1. The van der Waals surface area contributed by atoms with Gasteiger partial charge < -0.3 is 26.0 Å². The fraction of sp³-hybridized carbons (Fsp3) is 0.200. The average molecular weight is 630 g/mol. The molecule has 3 aromatic rings. The molecule has 4 rings (SSSR count). The van der Waals surface area contributed by atoms with Crippen LogP contribution in [0.15, 0.2) is 66.7 Å². The number of esters is 1. The maximum Gasteiger partial charge on any atom is 0.330 e. The highest BCUT2D eigenvalue weighted by Crippen LogP contribution is 2.32. The van der Waals surface area contributed by atoms with Crippen molar-refractivity contribution in [3.05, 3.63) is 104 Å². The molecule has 0 spiro atoms. The molecule has 0 heterocycles. The molecular weight excluding hydrogens is 603 g/mol. The molecule has 4 N–H and O–H groups in total. The van der Waals surface area contributed by atoms with Crippen LogP contribution in [0.1, 0.15) is 40.0 Å². The van der Waals surface area contributed by atoms with Gasteiger partial charge in [-0.1, -0.05) is 83.4 Å². The van der Waals surface area contributed by atoms with E-state index in [0.29, 0.717) is 10.6 Å². The summed E-state index contributed by atoms with van der Waals surface area (Å²) in [7, 11) is 0. The molecule has 3 aromatic carbocycles. The zero-order valence-corrected chi connectivity index (χ0v) is 24.6. The summed E-state index contributed by atoms with van der Waals surface area (Å²) in [6.07, 6.45) is 3.77. The quantitative estimate of drug-likeness (QED) is 0.219. The molecule has 12 heteroatoms. The van der Waals surface area contributed by atoms with Crippen LogP contribution in [0, 0.1) is 0 Å². The van der Waals surface area contributed by atoms with Gasteiger partial charge in [-0.05, 0) is 47.9 Å². The Morgan fingerprint density at radius 1 is 0.976 bits per heavy atom. The summed E-state index contributed by atoms with van der Waals surface area (Å²) >= 11 is 18.8. The molecule has 218 valence electrons. The van der Waals surface area contributed by atoms with Gasteiger partial charge in [-0.15, -0.1) is 0 Å². The van der Waals surface area contributed by atoms with E-state index in [0.717, 1.165) is 11.1 Å². The highest BCUT2D eigenvalue weighted by Gasteiger charge is 2.27. The first kappa shape index (κ1) is 30.9.